The second kappa shape index (κ2) is 7.05. The van der Waals surface area contributed by atoms with Gasteiger partial charge >= 0.3 is 6.09 Å². The first-order valence-electron chi connectivity index (χ1n) is 8.93. The Morgan fingerprint density at radius 3 is 2.07 bits per heavy atom. The minimum atomic E-state index is -3.87. The molecule has 0 spiro atoms. The third-order valence-corrected chi connectivity index (χ3v) is 6.92. The number of benzene rings is 2. The van der Waals surface area contributed by atoms with Gasteiger partial charge in [0.25, 0.3) is 0 Å². The average molecular weight is 401 g/mol. The fraction of sp³-hybridized carbons (Fsp3) is 0.333. The minimum absolute atomic E-state index is 0.107. The Labute approximate surface area is 164 Å². The van der Waals surface area contributed by atoms with E-state index in [1.165, 1.54) is 12.1 Å². The molecule has 3 atom stereocenters. The molecule has 1 amide bonds. The third-order valence-electron chi connectivity index (χ3n) is 4.66. The van der Waals surface area contributed by atoms with Crippen molar-refractivity contribution in [3.05, 3.63) is 66.2 Å². The first kappa shape index (κ1) is 20.1. The maximum absolute atomic E-state index is 13.3. The molecule has 1 N–H and O–H groups in total. The van der Waals surface area contributed by atoms with Crippen LogP contribution in [-0.2, 0) is 19.4 Å². The number of alkyl carbamates (subject to hydrolysis) is 1. The molecule has 6 nitrogen and oxygen atoms in total. The van der Waals surface area contributed by atoms with Gasteiger partial charge in [0.2, 0.25) is 0 Å². The Balaban J connectivity index is 2.03. The predicted octanol–water partition coefficient (Wildman–Crippen LogP) is 3.09. The first-order chi connectivity index (χ1) is 13.1. The number of carbonyl (C=O) groups excluding carboxylic acids is 2. The zero-order valence-electron chi connectivity index (χ0n) is 16.0. The summed E-state index contributed by atoms with van der Waals surface area (Å²) in [5.41, 5.74) is -1.70. The molecule has 0 bridgehead atoms. The van der Waals surface area contributed by atoms with E-state index in [4.69, 9.17) is 4.74 Å². The van der Waals surface area contributed by atoms with Crippen molar-refractivity contribution in [1.82, 2.24) is 5.32 Å². The van der Waals surface area contributed by atoms with Crippen LogP contribution in [0.4, 0.5) is 4.79 Å². The van der Waals surface area contributed by atoms with E-state index in [1.807, 2.05) is 0 Å². The summed E-state index contributed by atoms with van der Waals surface area (Å²) in [6.45, 7) is 5.08. The number of rotatable bonds is 5. The lowest BCUT2D eigenvalue weighted by Crippen LogP contribution is -2.45. The Morgan fingerprint density at radius 2 is 1.57 bits per heavy atom. The zero-order valence-corrected chi connectivity index (χ0v) is 16.8. The SMILES string of the molecule is CC(C)(C)OC(=O)N[C@@]1(C=O)[C@H](S(=O)(=O)c2ccccc2)[C@@H]1c1ccccc1. The van der Waals surface area contributed by atoms with Crippen LogP contribution in [0, 0.1) is 0 Å². The molecular formula is C21H23NO5S. The molecule has 2 aromatic rings. The van der Waals surface area contributed by atoms with Gasteiger partial charge in [-0.2, -0.15) is 0 Å². The van der Waals surface area contributed by atoms with Crippen LogP contribution >= 0.6 is 0 Å². The van der Waals surface area contributed by atoms with Crippen molar-refractivity contribution in [2.75, 3.05) is 0 Å². The van der Waals surface area contributed by atoms with Gasteiger partial charge < -0.3 is 14.8 Å². The first-order valence-corrected chi connectivity index (χ1v) is 10.5. The van der Waals surface area contributed by atoms with Crippen molar-refractivity contribution >= 4 is 22.2 Å². The molecule has 1 aliphatic rings. The van der Waals surface area contributed by atoms with Crippen molar-refractivity contribution in [3.8, 4) is 0 Å². The van der Waals surface area contributed by atoms with Crippen LogP contribution in [0.2, 0.25) is 0 Å². The maximum Gasteiger partial charge on any atom is 0.408 e. The van der Waals surface area contributed by atoms with E-state index in [1.54, 1.807) is 69.3 Å². The highest BCUT2D eigenvalue weighted by molar-refractivity contribution is 7.92. The van der Waals surface area contributed by atoms with Gasteiger partial charge in [0.15, 0.2) is 9.84 Å². The largest absolute Gasteiger partial charge is 0.444 e. The second-order valence-corrected chi connectivity index (χ2v) is 9.91. The molecule has 1 fully saturated rings. The molecule has 3 rings (SSSR count). The number of nitrogens with one attached hydrogen (secondary N) is 1. The van der Waals surface area contributed by atoms with E-state index in [2.05, 4.69) is 5.32 Å². The lowest BCUT2D eigenvalue weighted by Gasteiger charge is -2.22. The molecule has 0 aromatic heterocycles. The smallest absolute Gasteiger partial charge is 0.408 e. The Kier molecular flexibility index (Phi) is 5.06. The van der Waals surface area contributed by atoms with Gasteiger partial charge in [-0.1, -0.05) is 48.5 Å². The van der Waals surface area contributed by atoms with E-state index in [0.29, 0.717) is 11.8 Å². The summed E-state index contributed by atoms with van der Waals surface area (Å²) in [6, 6.07) is 16.8. The number of hydrogen-bond donors (Lipinski definition) is 1. The molecule has 148 valence electrons. The Hall–Kier alpha value is -2.67. The van der Waals surface area contributed by atoms with Gasteiger partial charge in [0.1, 0.15) is 22.7 Å². The molecule has 0 heterocycles. The van der Waals surface area contributed by atoms with Crippen molar-refractivity contribution < 1.29 is 22.7 Å². The summed E-state index contributed by atoms with van der Waals surface area (Å²) < 4.78 is 31.8. The van der Waals surface area contributed by atoms with Gasteiger partial charge in [-0.3, -0.25) is 0 Å². The molecule has 1 saturated carbocycles. The van der Waals surface area contributed by atoms with Gasteiger partial charge in [0.05, 0.1) is 4.90 Å². The van der Waals surface area contributed by atoms with Crippen LogP contribution in [0.25, 0.3) is 0 Å². The molecule has 7 heteroatoms. The van der Waals surface area contributed by atoms with Crippen LogP contribution in [0.3, 0.4) is 0 Å². The standard InChI is InChI=1S/C21H23NO5S/c1-20(2,3)27-19(24)22-21(14-23)17(15-10-6-4-7-11-15)18(21)28(25,26)16-12-8-5-9-13-16/h4-14,17-18H,1-3H3,(H,22,24)/t17-,18+,21+/m0/s1. The van der Waals surface area contributed by atoms with Gasteiger partial charge in [-0.25, -0.2) is 13.2 Å². The highest BCUT2D eigenvalue weighted by atomic mass is 32.2. The summed E-state index contributed by atoms with van der Waals surface area (Å²) >= 11 is 0. The highest BCUT2D eigenvalue weighted by Crippen LogP contribution is 2.56. The van der Waals surface area contributed by atoms with E-state index >= 15 is 0 Å². The molecule has 0 radical (unpaired) electrons. The number of amides is 1. The number of sulfone groups is 1. The van der Waals surface area contributed by atoms with Crippen LogP contribution < -0.4 is 5.32 Å². The Morgan fingerprint density at radius 1 is 1.04 bits per heavy atom. The Bertz CT molecular complexity index is 967. The lowest BCUT2D eigenvalue weighted by atomic mass is 10.1. The van der Waals surface area contributed by atoms with Crippen molar-refractivity contribution in [2.45, 2.75) is 48.0 Å². The summed E-state index contributed by atoms with van der Waals surface area (Å²) in [5, 5.41) is 1.42. The number of hydrogen-bond acceptors (Lipinski definition) is 5. The van der Waals surface area contributed by atoms with E-state index in [0.717, 1.165) is 0 Å². The fourth-order valence-corrected chi connectivity index (χ4v) is 5.74. The van der Waals surface area contributed by atoms with Crippen LogP contribution in [0.1, 0.15) is 32.3 Å². The van der Waals surface area contributed by atoms with Crippen LogP contribution in [0.15, 0.2) is 65.6 Å². The number of ether oxygens (including phenoxy) is 1. The quantitative estimate of drug-likeness (QED) is 0.778. The highest BCUT2D eigenvalue weighted by Gasteiger charge is 2.73. The second-order valence-electron chi connectivity index (χ2n) is 7.84. The van der Waals surface area contributed by atoms with E-state index in [9.17, 15) is 18.0 Å². The van der Waals surface area contributed by atoms with Gasteiger partial charge in [-0.05, 0) is 38.5 Å². The predicted molar refractivity (Wildman–Crippen MR) is 105 cm³/mol. The van der Waals surface area contributed by atoms with Gasteiger partial charge in [0, 0.05) is 5.92 Å². The minimum Gasteiger partial charge on any atom is -0.444 e. The number of aldehydes is 1. The molecule has 0 saturated heterocycles. The molecular weight excluding hydrogens is 378 g/mol. The summed E-state index contributed by atoms with van der Waals surface area (Å²) in [5.74, 6) is -0.705. The third kappa shape index (κ3) is 3.67. The van der Waals surface area contributed by atoms with Crippen LogP contribution in [-0.4, -0.2) is 37.2 Å². The fourth-order valence-electron chi connectivity index (χ4n) is 3.48. The normalized spacial score (nSPS) is 24.2. The van der Waals surface area contributed by atoms with Crippen molar-refractivity contribution in [3.63, 3.8) is 0 Å². The summed E-state index contributed by atoms with van der Waals surface area (Å²) in [6.07, 6.45) is -0.314. The molecule has 0 unspecified atom stereocenters. The monoisotopic (exact) mass is 401 g/mol. The maximum atomic E-state index is 13.3. The molecule has 28 heavy (non-hydrogen) atoms. The average Bonchev–Trinajstić information content (AvgIpc) is 3.31. The van der Waals surface area contributed by atoms with Crippen molar-refractivity contribution in [1.29, 1.82) is 0 Å². The lowest BCUT2D eigenvalue weighted by molar-refractivity contribution is -0.110. The zero-order chi connectivity index (χ0) is 20.6. The van der Waals surface area contributed by atoms with E-state index in [-0.39, 0.29) is 4.90 Å². The van der Waals surface area contributed by atoms with Crippen LogP contribution in [0.5, 0.6) is 0 Å². The van der Waals surface area contributed by atoms with E-state index < -0.39 is 38.2 Å². The van der Waals surface area contributed by atoms with Crippen molar-refractivity contribution in [2.24, 2.45) is 0 Å². The molecule has 0 aliphatic heterocycles. The topological polar surface area (TPSA) is 89.5 Å². The summed E-state index contributed by atoms with van der Waals surface area (Å²) in [7, 11) is -3.87. The molecule has 2 aromatic carbocycles. The molecule has 1 aliphatic carbocycles. The number of carbonyl (C=O) groups is 2. The summed E-state index contributed by atoms with van der Waals surface area (Å²) in [4.78, 5) is 24.6. The van der Waals surface area contributed by atoms with Gasteiger partial charge in [-0.15, -0.1) is 0 Å².